The fourth-order valence-corrected chi connectivity index (χ4v) is 6.05. The average Bonchev–Trinajstić information content (AvgIpc) is 3.56. The van der Waals surface area contributed by atoms with Gasteiger partial charge in [-0.1, -0.05) is 0 Å². The first-order valence-corrected chi connectivity index (χ1v) is 12.5. The van der Waals surface area contributed by atoms with Gasteiger partial charge in [0.25, 0.3) is 0 Å². The van der Waals surface area contributed by atoms with Crippen LogP contribution in [0.25, 0.3) is 0 Å². The van der Waals surface area contributed by atoms with Crippen LogP contribution in [0.15, 0.2) is 0 Å². The molecule has 0 aromatic carbocycles. The first-order chi connectivity index (χ1) is 13.5. The van der Waals surface area contributed by atoms with Gasteiger partial charge in [-0.05, 0) is 46.6 Å². The first-order valence-electron chi connectivity index (χ1n) is 10.6. The van der Waals surface area contributed by atoms with Crippen LogP contribution in [0.5, 0.6) is 0 Å². The Labute approximate surface area is 170 Å². The van der Waals surface area contributed by atoms with E-state index in [-0.39, 0.29) is 12.2 Å². The van der Waals surface area contributed by atoms with Crippen LogP contribution < -0.4 is 5.73 Å². The molecule has 2 atom stereocenters. The van der Waals surface area contributed by atoms with Crippen LogP contribution in [0.2, 0.25) is 6.04 Å². The van der Waals surface area contributed by atoms with Crippen molar-refractivity contribution in [1.29, 1.82) is 0 Å². The number of epoxide rings is 2. The van der Waals surface area contributed by atoms with Gasteiger partial charge in [-0.15, -0.1) is 0 Å². The number of ether oxygens (including phenoxy) is 4. The third kappa shape index (κ3) is 9.60. The molecule has 0 bridgehead atoms. The molecular weight excluding hydrogens is 382 g/mol. The van der Waals surface area contributed by atoms with Crippen molar-refractivity contribution in [1.82, 2.24) is 0 Å². The standard InChI is InChI=1S/C19H39NO7Si/c1-4-25-28(26-5-2,12-6-9-20)27-19(3,7-10-21-13-17-15-23-17)8-11-22-14-18-16-24-18/h17-18H,4-16,20H2,1-3H3. The van der Waals surface area contributed by atoms with Crippen molar-refractivity contribution >= 4 is 8.80 Å². The molecule has 9 heteroatoms. The van der Waals surface area contributed by atoms with E-state index >= 15 is 0 Å². The molecule has 0 saturated carbocycles. The minimum absolute atomic E-state index is 0.263. The Morgan fingerprint density at radius 3 is 1.86 bits per heavy atom. The van der Waals surface area contributed by atoms with E-state index in [1.54, 1.807) is 0 Å². The maximum Gasteiger partial charge on any atom is 0.501 e. The number of hydrogen-bond donors (Lipinski definition) is 1. The molecule has 2 aliphatic rings. The van der Waals surface area contributed by atoms with Crippen LogP contribution in [0, 0.1) is 0 Å². The van der Waals surface area contributed by atoms with E-state index in [1.807, 2.05) is 13.8 Å². The molecule has 2 fully saturated rings. The third-order valence-electron chi connectivity index (χ3n) is 4.78. The Hall–Kier alpha value is -0.103. The second-order valence-corrected chi connectivity index (χ2v) is 10.2. The Kier molecular flexibility index (Phi) is 10.8. The lowest BCUT2D eigenvalue weighted by Crippen LogP contribution is -2.53. The molecule has 0 spiro atoms. The van der Waals surface area contributed by atoms with E-state index < -0.39 is 14.4 Å². The zero-order chi connectivity index (χ0) is 20.3. The van der Waals surface area contributed by atoms with Crippen LogP contribution in [0.1, 0.15) is 40.0 Å². The van der Waals surface area contributed by atoms with E-state index in [2.05, 4.69) is 6.92 Å². The van der Waals surface area contributed by atoms with Crippen LogP contribution in [0.4, 0.5) is 0 Å². The van der Waals surface area contributed by atoms with Crippen molar-refractivity contribution < 1.29 is 32.2 Å². The second kappa shape index (κ2) is 12.6. The van der Waals surface area contributed by atoms with Gasteiger partial charge in [-0.3, -0.25) is 0 Å². The summed E-state index contributed by atoms with van der Waals surface area (Å²) in [5.41, 5.74) is 5.29. The summed E-state index contributed by atoms with van der Waals surface area (Å²) >= 11 is 0. The largest absolute Gasteiger partial charge is 0.501 e. The summed E-state index contributed by atoms with van der Waals surface area (Å²) in [6, 6.07) is 0.717. The maximum atomic E-state index is 6.67. The molecule has 2 N–H and O–H groups in total. The summed E-state index contributed by atoms with van der Waals surface area (Å²) in [5, 5.41) is 0. The van der Waals surface area contributed by atoms with Crippen LogP contribution >= 0.6 is 0 Å². The average molecular weight is 422 g/mol. The van der Waals surface area contributed by atoms with Gasteiger partial charge in [0.15, 0.2) is 0 Å². The summed E-state index contributed by atoms with van der Waals surface area (Å²) in [7, 11) is -2.83. The SMILES string of the molecule is CCO[Si](CCCN)(OCC)OC(C)(CCOCC1CO1)CCOCC1CO1. The summed E-state index contributed by atoms with van der Waals surface area (Å²) in [6.07, 6.45) is 2.81. The molecule has 0 aromatic heterocycles. The van der Waals surface area contributed by atoms with Crippen LogP contribution in [-0.4, -0.2) is 86.0 Å². The topological polar surface area (TPSA) is 97.2 Å². The van der Waals surface area contributed by atoms with Crippen molar-refractivity contribution in [2.45, 2.75) is 63.9 Å². The van der Waals surface area contributed by atoms with Crippen molar-refractivity contribution in [3.8, 4) is 0 Å². The molecule has 0 aliphatic carbocycles. The Morgan fingerprint density at radius 1 is 0.964 bits per heavy atom. The Balaban J connectivity index is 1.93. The van der Waals surface area contributed by atoms with Gasteiger partial charge in [-0.25, -0.2) is 0 Å². The normalized spacial score (nSPS) is 23.6. The van der Waals surface area contributed by atoms with Gasteiger partial charge in [0, 0.05) is 32.5 Å². The molecule has 2 unspecified atom stereocenters. The monoisotopic (exact) mass is 421 g/mol. The highest BCUT2D eigenvalue weighted by Crippen LogP contribution is 2.30. The van der Waals surface area contributed by atoms with Gasteiger partial charge in [-0.2, -0.15) is 0 Å². The summed E-state index contributed by atoms with van der Waals surface area (Å²) in [4.78, 5) is 0. The van der Waals surface area contributed by atoms with Crippen LogP contribution in [-0.2, 0) is 32.2 Å². The van der Waals surface area contributed by atoms with Gasteiger partial charge in [0.2, 0.25) is 0 Å². The zero-order valence-electron chi connectivity index (χ0n) is 17.8. The van der Waals surface area contributed by atoms with Crippen molar-refractivity contribution in [2.24, 2.45) is 5.73 Å². The predicted molar refractivity (Wildman–Crippen MR) is 107 cm³/mol. The van der Waals surface area contributed by atoms with Crippen LogP contribution in [0.3, 0.4) is 0 Å². The minimum Gasteiger partial charge on any atom is -0.379 e. The van der Waals surface area contributed by atoms with E-state index in [4.69, 9.17) is 38.0 Å². The first kappa shape index (κ1) is 24.2. The van der Waals surface area contributed by atoms with Gasteiger partial charge < -0.3 is 38.0 Å². The predicted octanol–water partition coefficient (Wildman–Crippen LogP) is 1.73. The highest BCUT2D eigenvalue weighted by molar-refractivity contribution is 6.60. The molecule has 2 aliphatic heterocycles. The summed E-state index contributed by atoms with van der Waals surface area (Å²) < 4.78 is 40.8. The lowest BCUT2D eigenvalue weighted by atomic mass is 9.99. The zero-order valence-corrected chi connectivity index (χ0v) is 18.8. The number of rotatable bonds is 19. The molecule has 0 radical (unpaired) electrons. The minimum atomic E-state index is -2.83. The molecule has 2 heterocycles. The van der Waals surface area contributed by atoms with E-state index in [1.165, 1.54) is 0 Å². The van der Waals surface area contributed by atoms with Crippen molar-refractivity contribution in [3.63, 3.8) is 0 Å². The van der Waals surface area contributed by atoms with Crippen molar-refractivity contribution in [3.05, 3.63) is 0 Å². The lowest BCUT2D eigenvalue weighted by molar-refractivity contribution is -0.0555. The summed E-state index contributed by atoms with van der Waals surface area (Å²) in [5.74, 6) is 0. The molecule has 0 amide bonds. The van der Waals surface area contributed by atoms with E-state index in [0.29, 0.717) is 52.2 Å². The molecule has 0 aromatic rings. The van der Waals surface area contributed by atoms with Gasteiger partial charge in [0.1, 0.15) is 12.2 Å². The Bertz CT molecular complexity index is 395. The molecule has 8 nitrogen and oxygen atoms in total. The number of nitrogens with two attached hydrogens (primary N) is 1. The highest BCUT2D eigenvalue weighted by Gasteiger charge is 2.46. The Morgan fingerprint density at radius 2 is 1.46 bits per heavy atom. The fraction of sp³-hybridized carbons (Fsp3) is 1.00. The van der Waals surface area contributed by atoms with Gasteiger partial charge >= 0.3 is 8.80 Å². The fourth-order valence-electron chi connectivity index (χ4n) is 2.99. The van der Waals surface area contributed by atoms with E-state index in [9.17, 15) is 0 Å². The smallest absolute Gasteiger partial charge is 0.379 e. The quantitative estimate of drug-likeness (QED) is 0.191. The molecular formula is C19H39NO7Si. The van der Waals surface area contributed by atoms with Gasteiger partial charge in [0.05, 0.1) is 32.0 Å². The highest BCUT2D eigenvalue weighted by atomic mass is 28.4. The summed E-state index contributed by atoms with van der Waals surface area (Å²) in [6.45, 7) is 11.8. The third-order valence-corrected chi connectivity index (χ3v) is 8.01. The molecule has 166 valence electrons. The van der Waals surface area contributed by atoms with Crippen molar-refractivity contribution in [2.75, 3.05) is 59.4 Å². The number of hydrogen-bond acceptors (Lipinski definition) is 8. The second-order valence-electron chi connectivity index (χ2n) is 7.55. The van der Waals surface area contributed by atoms with E-state index in [0.717, 1.165) is 32.5 Å². The molecule has 28 heavy (non-hydrogen) atoms. The maximum absolute atomic E-state index is 6.67. The molecule has 2 saturated heterocycles. The lowest BCUT2D eigenvalue weighted by Gasteiger charge is -2.39. The molecule has 2 rings (SSSR count).